The van der Waals surface area contributed by atoms with Crippen LogP contribution in [0.4, 0.5) is 9.18 Å². The topological polar surface area (TPSA) is 88.5 Å². The molecule has 2 aromatic carbocycles. The predicted octanol–water partition coefficient (Wildman–Crippen LogP) is 4.91. The number of hydrogen-bond donors (Lipinski definition) is 0. The Morgan fingerprint density at radius 2 is 1.89 bits per heavy atom. The largest absolute Gasteiger partial charge is 0.484 e. The van der Waals surface area contributed by atoms with E-state index in [1.54, 1.807) is 46.0 Å². The summed E-state index contributed by atoms with van der Waals surface area (Å²) in [6.45, 7) is 5.54. The van der Waals surface area contributed by atoms with Gasteiger partial charge in [0, 0.05) is 30.9 Å². The summed E-state index contributed by atoms with van der Waals surface area (Å²) in [5, 5.41) is 0.479. The van der Waals surface area contributed by atoms with Crippen LogP contribution in [0.2, 0.25) is 5.02 Å². The van der Waals surface area contributed by atoms with E-state index in [4.69, 9.17) is 21.1 Å². The van der Waals surface area contributed by atoms with Crippen LogP contribution in [0.25, 0.3) is 0 Å². The van der Waals surface area contributed by atoms with E-state index in [0.717, 1.165) is 0 Å². The number of carbonyl (C=O) groups excluding carboxylic acids is 3. The van der Waals surface area contributed by atoms with Crippen molar-refractivity contribution in [2.75, 3.05) is 26.7 Å². The predicted molar refractivity (Wildman–Crippen MR) is 138 cm³/mol. The van der Waals surface area contributed by atoms with Gasteiger partial charge in [0.2, 0.25) is 0 Å². The number of aliphatic imine (C=N–C) groups is 1. The molecule has 0 aromatic heterocycles. The molecular weight excluding hydrogens is 501 g/mol. The van der Waals surface area contributed by atoms with Crippen molar-refractivity contribution in [1.29, 1.82) is 0 Å². The molecule has 0 saturated carbocycles. The van der Waals surface area contributed by atoms with Gasteiger partial charge in [0.25, 0.3) is 5.91 Å². The number of nitrogens with zero attached hydrogens (tertiary/aromatic N) is 3. The highest BCUT2D eigenvalue weighted by Crippen LogP contribution is 2.36. The first-order chi connectivity index (χ1) is 17.6. The number of carbonyl (C=O) groups is 3. The van der Waals surface area contributed by atoms with Crippen molar-refractivity contribution in [3.05, 3.63) is 64.9 Å². The van der Waals surface area contributed by atoms with Crippen LogP contribution in [0.1, 0.15) is 38.8 Å². The SMILES string of the molecule is CC1=NC(=O)N(CCCN(C)C(=O)COc2ccc(F)cc2)C(c2cccc(Cl)c2)C1C(=O)OC(C)C. The minimum Gasteiger partial charge on any atom is -0.484 e. The van der Waals surface area contributed by atoms with Gasteiger partial charge < -0.3 is 19.3 Å². The maximum atomic E-state index is 13.1. The van der Waals surface area contributed by atoms with E-state index in [9.17, 15) is 18.8 Å². The van der Waals surface area contributed by atoms with Gasteiger partial charge in [-0.05, 0) is 69.2 Å². The lowest BCUT2D eigenvalue weighted by molar-refractivity contribution is -0.151. The molecule has 8 nitrogen and oxygen atoms in total. The molecule has 0 fully saturated rings. The second-order valence-electron chi connectivity index (χ2n) is 9.10. The summed E-state index contributed by atoms with van der Waals surface area (Å²) in [6, 6.07) is 11.3. The number of urea groups is 1. The quantitative estimate of drug-likeness (QED) is 0.406. The fraction of sp³-hybridized carbons (Fsp3) is 0.407. The lowest BCUT2D eigenvalue weighted by atomic mass is 9.86. The van der Waals surface area contributed by atoms with Crippen molar-refractivity contribution in [3.63, 3.8) is 0 Å². The standard InChI is InChI=1S/C27H31ClFN3O5/c1-17(2)37-26(34)24-18(3)30-27(35)32(25(24)19-7-5-8-20(28)15-19)14-6-13-31(4)23(33)16-36-22-11-9-21(29)10-12-22/h5,7-12,15,17,24-25H,6,13-14,16H2,1-4H3. The molecule has 0 saturated heterocycles. The number of rotatable bonds is 10. The van der Waals surface area contributed by atoms with E-state index in [1.165, 1.54) is 34.1 Å². The van der Waals surface area contributed by atoms with E-state index < -0.39 is 29.8 Å². The van der Waals surface area contributed by atoms with E-state index in [2.05, 4.69) is 4.99 Å². The number of hydrogen-bond acceptors (Lipinski definition) is 5. The monoisotopic (exact) mass is 531 g/mol. The first kappa shape index (κ1) is 28.1. The molecule has 3 rings (SSSR count). The maximum absolute atomic E-state index is 13.1. The summed E-state index contributed by atoms with van der Waals surface area (Å²) in [4.78, 5) is 45.7. The van der Waals surface area contributed by atoms with Gasteiger partial charge in [0.1, 0.15) is 17.5 Å². The zero-order chi connectivity index (χ0) is 27.1. The van der Waals surface area contributed by atoms with Crippen LogP contribution in [0, 0.1) is 11.7 Å². The lowest BCUT2D eigenvalue weighted by Gasteiger charge is -2.39. The molecule has 198 valence electrons. The number of amides is 3. The van der Waals surface area contributed by atoms with Crippen LogP contribution in [0.3, 0.4) is 0 Å². The van der Waals surface area contributed by atoms with Gasteiger partial charge in [-0.15, -0.1) is 0 Å². The molecule has 37 heavy (non-hydrogen) atoms. The van der Waals surface area contributed by atoms with Crippen LogP contribution in [-0.4, -0.2) is 66.3 Å². The maximum Gasteiger partial charge on any atom is 0.344 e. The Labute approximate surface area is 221 Å². The molecule has 2 atom stereocenters. The fourth-order valence-corrected chi connectivity index (χ4v) is 4.30. The fourth-order valence-electron chi connectivity index (χ4n) is 4.10. The second-order valence-corrected chi connectivity index (χ2v) is 9.54. The van der Waals surface area contributed by atoms with Crippen LogP contribution < -0.4 is 4.74 Å². The molecule has 1 aliphatic heterocycles. The minimum absolute atomic E-state index is 0.206. The Morgan fingerprint density at radius 1 is 1.19 bits per heavy atom. The zero-order valence-electron chi connectivity index (χ0n) is 21.3. The summed E-state index contributed by atoms with van der Waals surface area (Å²) >= 11 is 6.23. The molecule has 0 N–H and O–H groups in total. The Kier molecular flexibility index (Phi) is 9.63. The summed E-state index contributed by atoms with van der Waals surface area (Å²) in [7, 11) is 1.63. The van der Waals surface area contributed by atoms with E-state index >= 15 is 0 Å². The molecule has 1 heterocycles. The van der Waals surface area contributed by atoms with Crippen LogP contribution in [0.5, 0.6) is 5.75 Å². The third kappa shape index (κ3) is 7.52. The van der Waals surface area contributed by atoms with Gasteiger partial charge in [-0.25, -0.2) is 14.2 Å². The molecular formula is C27H31ClFN3O5. The first-order valence-electron chi connectivity index (χ1n) is 12.0. The highest BCUT2D eigenvalue weighted by Gasteiger charge is 2.43. The van der Waals surface area contributed by atoms with Crippen molar-refractivity contribution >= 4 is 35.2 Å². The molecule has 2 unspecified atom stereocenters. The molecule has 0 aliphatic carbocycles. The molecule has 0 spiro atoms. The molecule has 3 amide bonds. The number of benzene rings is 2. The highest BCUT2D eigenvalue weighted by molar-refractivity contribution is 6.30. The van der Waals surface area contributed by atoms with Crippen molar-refractivity contribution in [1.82, 2.24) is 9.80 Å². The molecule has 10 heteroatoms. The first-order valence-corrected chi connectivity index (χ1v) is 12.4. The zero-order valence-corrected chi connectivity index (χ0v) is 22.1. The van der Waals surface area contributed by atoms with Crippen molar-refractivity contribution in [2.24, 2.45) is 10.9 Å². The Morgan fingerprint density at radius 3 is 2.54 bits per heavy atom. The van der Waals surface area contributed by atoms with Crippen molar-refractivity contribution in [2.45, 2.75) is 39.3 Å². The Balaban J connectivity index is 1.70. The minimum atomic E-state index is -0.790. The summed E-state index contributed by atoms with van der Waals surface area (Å²) < 4.78 is 24.0. The van der Waals surface area contributed by atoms with Crippen LogP contribution in [0.15, 0.2) is 53.5 Å². The molecule has 1 aliphatic rings. The number of esters is 1. The van der Waals surface area contributed by atoms with Gasteiger partial charge >= 0.3 is 12.0 Å². The number of ether oxygens (including phenoxy) is 2. The molecule has 0 bridgehead atoms. The van der Waals surface area contributed by atoms with E-state index in [-0.39, 0.29) is 25.2 Å². The Hall–Kier alpha value is -3.46. The smallest absolute Gasteiger partial charge is 0.344 e. The van der Waals surface area contributed by atoms with Gasteiger partial charge in [-0.1, -0.05) is 23.7 Å². The number of halogens is 2. The molecule has 0 radical (unpaired) electrons. The van der Waals surface area contributed by atoms with Crippen molar-refractivity contribution in [3.8, 4) is 5.75 Å². The summed E-state index contributed by atoms with van der Waals surface area (Å²) in [5.41, 5.74) is 1.07. The van der Waals surface area contributed by atoms with Crippen LogP contribution >= 0.6 is 11.6 Å². The third-order valence-corrected chi connectivity index (χ3v) is 6.14. The van der Waals surface area contributed by atoms with Gasteiger partial charge in [0.15, 0.2) is 6.61 Å². The van der Waals surface area contributed by atoms with Crippen molar-refractivity contribution < 1.29 is 28.2 Å². The van der Waals surface area contributed by atoms with Gasteiger partial charge in [0.05, 0.1) is 12.1 Å². The normalized spacial score (nSPS) is 17.4. The average molecular weight is 532 g/mol. The van der Waals surface area contributed by atoms with E-state index in [1.807, 2.05) is 6.07 Å². The highest BCUT2D eigenvalue weighted by atomic mass is 35.5. The van der Waals surface area contributed by atoms with E-state index in [0.29, 0.717) is 35.0 Å². The second kappa shape index (κ2) is 12.7. The van der Waals surface area contributed by atoms with Gasteiger partial charge in [-0.3, -0.25) is 9.59 Å². The number of likely N-dealkylation sites (N-methyl/N-ethyl adjacent to an activating group) is 1. The van der Waals surface area contributed by atoms with Gasteiger partial charge in [-0.2, -0.15) is 0 Å². The third-order valence-electron chi connectivity index (χ3n) is 5.91. The average Bonchev–Trinajstić information content (AvgIpc) is 2.83. The lowest BCUT2D eigenvalue weighted by Crippen LogP contribution is -2.48. The summed E-state index contributed by atoms with van der Waals surface area (Å²) in [5.74, 6) is -1.53. The summed E-state index contributed by atoms with van der Waals surface area (Å²) in [6.07, 6.45) is 0.102. The van der Waals surface area contributed by atoms with Crippen LogP contribution in [-0.2, 0) is 14.3 Å². The molecule has 2 aromatic rings. The Bertz CT molecular complexity index is 1150.